The molecule has 0 spiro atoms. The van der Waals surface area contributed by atoms with Gasteiger partial charge >= 0.3 is 0 Å². The number of aryl methyl sites for hydroxylation is 1. The van der Waals surface area contributed by atoms with Gasteiger partial charge in [0.05, 0.1) is 25.0 Å². The number of hydrogen-bond acceptors (Lipinski definition) is 4. The first-order valence-electron chi connectivity index (χ1n) is 9.52. The number of rotatable bonds is 4. The standard InChI is InChI=1S/C20H24ClN3O3/c1-24-17-9-10-26-12-15(17)19(23-24)20(25)22-16-11-13(21)7-8-18(16)27-14-5-3-2-4-6-14/h7-8,11,14H,2-6,9-10,12H2,1H3,(H,22,25). The van der Waals surface area contributed by atoms with E-state index in [1.165, 1.54) is 19.3 Å². The number of nitrogens with one attached hydrogen (secondary N) is 1. The average molecular weight is 390 g/mol. The van der Waals surface area contributed by atoms with Crippen LogP contribution in [0.3, 0.4) is 0 Å². The van der Waals surface area contributed by atoms with Gasteiger partial charge in [-0.15, -0.1) is 0 Å². The number of carbonyl (C=O) groups is 1. The van der Waals surface area contributed by atoms with Crippen molar-refractivity contribution in [3.8, 4) is 5.75 Å². The first-order valence-corrected chi connectivity index (χ1v) is 9.89. The first-order chi connectivity index (χ1) is 13.1. The van der Waals surface area contributed by atoms with Crippen LogP contribution >= 0.6 is 11.6 Å². The summed E-state index contributed by atoms with van der Waals surface area (Å²) in [4.78, 5) is 12.9. The van der Waals surface area contributed by atoms with Gasteiger partial charge in [-0.2, -0.15) is 5.10 Å². The smallest absolute Gasteiger partial charge is 0.276 e. The van der Waals surface area contributed by atoms with Gasteiger partial charge in [-0.1, -0.05) is 18.0 Å². The predicted molar refractivity (Wildman–Crippen MR) is 103 cm³/mol. The average Bonchev–Trinajstić information content (AvgIpc) is 3.02. The molecule has 1 N–H and O–H groups in total. The van der Waals surface area contributed by atoms with E-state index in [4.69, 9.17) is 21.1 Å². The number of anilines is 1. The van der Waals surface area contributed by atoms with E-state index in [-0.39, 0.29) is 12.0 Å². The summed E-state index contributed by atoms with van der Waals surface area (Å²) < 4.78 is 13.5. The zero-order valence-corrected chi connectivity index (χ0v) is 16.2. The Morgan fingerprint density at radius 3 is 2.96 bits per heavy atom. The third kappa shape index (κ3) is 3.96. The molecule has 1 aliphatic heterocycles. The molecule has 0 bridgehead atoms. The second-order valence-corrected chi connectivity index (χ2v) is 7.61. The van der Waals surface area contributed by atoms with Crippen molar-refractivity contribution >= 4 is 23.2 Å². The van der Waals surface area contributed by atoms with E-state index in [1.54, 1.807) is 16.8 Å². The highest BCUT2D eigenvalue weighted by Gasteiger charge is 2.25. The molecule has 1 saturated carbocycles. The molecule has 2 heterocycles. The number of amides is 1. The fourth-order valence-electron chi connectivity index (χ4n) is 3.84. The molecule has 0 atom stereocenters. The van der Waals surface area contributed by atoms with Crippen molar-refractivity contribution in [1.29, 1.82) is 0 Å². The quantitative estimate of drug-likeness (QED) is 0.854. The van der Waals surface area contributed by atoms with Crippen molar-refractivity contribution < 1.29 is 14.3 Å². The van der Waals surface area contributed by atoms with E-state index in [0.29, 0.717) is 35.4 Å². The molecule has 0 saturated heterocycles. The molecule has 1 fully saturated rings. The number of hydrogen-bond donors (Lipinski definition) is 1. The van der Waals surface area contributed by atoms with Gasteiger partial charge in [-0.25, -0.2) is 0 Å². The van der Waals surface area contributed by atoms with Gasteiger partial charge in [0, 0.05) is 29.7 Å². The summed E-state index contributed by atoms with van der Waals surface area (Å²) in [6.45, 7) is 1.06. The summed E-state index contributed by atoms with van der Waals surface area (Å²) in [6.07, 6.45) is 6.66. The number of ether oxygens (including phenoxy) is 2. The van der Waals surface area contributed by atoms with Gasteiger partial charge in [0.1, 0.15) is 5.75 Å². The minimum absolute atomic E-state index is 0.187. The molecule has 7 heteroatoms. The zero-order chi connectivity index (χ0) is 18.8. The Labute approximate surface area is 163 Å². The number of halogens is 1. The molecule has 2 aromatic rings. The summed E-state index contributed by atoms with van der Waals surface area (Å²) >= 11 is 6.16. The van der Waals surface area contributed by atoms with Crippen LogP contribution in [0.1, 0.15) is 53.8 Å². The lowest BCUT2D eigenvalue weighted by Gasteiger charge is -2.24. The second kappa shape index (κ2) is 7.90. The highest BCUT2D eigenvalue weighted by molar-refractivity contribution is 6.31. The van der Waals surface area contributed by atoms with E-state index in [9.17, 15) is 4.79 Å². The fraction of sp³-hybridized carbons (Fsp3) is 0.500. The van der Waals surface area contributed by atoms with Crippen LogP contribution in [0.4, 0.5) is 5.69 Å². The minimum Gasteiger partial charge on any atom is -0.488 e. The van der Waals surface area contributed by atoms with E-state index in [1.807, 2.05) is 13.1 Å². The fourth-order valence-corrected chi connectivity index (χ4v) is 4.01. The van der Waals surface area contributed by atoms with Crippen LogP contribution in [0, 0.1) is 0 Å². The Morgan fingerprint density at radius 1 is 1.33 bits per heavy atom. The maximum Gasteiger partial charge on any atom is 0.276 e. The molecule has 2 aliphatic rings. The predicted octanol–water partition coefficient (Wildman–Crippen LogP) is 4.11. The van der Waals surface area contributed by atoms with Crippen molar-refractivity contribution in [2.75, 3.05) is 11.9 Å². The van der Waals surface area contributed by atoms with Crippen molar-refractivity contribution in [3.63, 3.8) is 0 Å². The highest BCUT2D eigenvalue weighted by Crippen LogP contribution is 2.32. The van der Waals surface area contributed by atoms with Gasteiger partial charge in [-0.3, -0.25) is 9.48 Å². The third-order valence-corrected chi connectivity index (χ3v) is 5.49. The number of aromatic nitrogens is 2. The molecule has 1 aromatic heterocycles. The Hall–Kier alpha value is -2.05. The van der Waals surface area contributed by atoms with Gasteiger partial charge in [-0.05, 0) is 43.9 Å². The first kappa shape index (κ1) is 18.3. The Kier molecular flexibility index (Phi) is 5.36. The zero-order valence-electron chi connectivity index (χ0n) is 15.5. The van der Waals surface area contributed by atoms with Gasteiger partial charge in [0.25, 0.3) is 5.91 Å². The van der Waals surface area contributed by atoms with Gasteiger partial charge in [0.15, 0.2) is 5.69 Å². The van der Waals surface area contributed by atoms with E-state index < -0.39 is 0 Å². The monoisotopic (exact) mass is 389 g/mol. The molecule has 144 valence electrons. The molecule has 6 nitrogen and oxygen atoms in total. The van der Waals surface area contributed by atoms with Crippen LogP contribution in [0.25, 0.3) is 0 Å². The molecule has 27 heavy (non-hydrogen) atoms. The van der Waals surface area contributed by atoms with Gasteiger partial charge in [0.2, 0.25) is 0 Å². The lowest BCUT2D eigenvalue weighted by Crippen LogP contribution is -2.21. The van der Waals surface area contributed by atoms with E-state index in [2.05, 4.69) is 10.4 Å². The summed E-state index contributed by atoms with van der Waals surface area (Å²) in [5, 5.41) is 7.90. The molecule has 0 radical (unpaired) electrons. The normalized spacial score (nSPS) is 17.4. The molecule has 1 amide bonds. The highest BCUT2D eigenvalue weighted by atomic mass is 35.5. The van der Waals surface area contributed by atoms with Crippen LogP contribution in [-0.2, 0) is 24.8 Å². The molecule has 0 unspecified atom stereocenters. The Bertz CT molecular complexity index is 843. The van der Waals surface area contributed by atoms with Gasteiger partial charge < -0.3 is 14.8 Å². The second-order valence-electron chi connectivity index (χ2n) is 7.17. The molecule has 1 aromatic carbocycles. The van der Waals surface area contributed by atoms with Crippen molar-refractivity contribution in [2.24, 2.45) is 7.05 Å². The summed E-state index contributed by atoms with van der Waals surface area (Å²) in [5.74, 6) is 0.383. The van der Waals surface area contributed by atoms with E-state index in [0.717, 1.165) is 30.5 Å². The van der Waals surface area contributed by atoms with Crippen molar-refractivity contribution in [2.45, 2.75) is 51.2 Å². The van der Waals surface area contributed by atoms with E-state index >= 15 is 0 Å². The number of benzene rings is 1. The largest absolute Gasteiger partial charge is 0.488 e. The van der Waals surface area contributed by atoms with Crippen LogP contribution in [0.15, 0.2) is 18.2 Å². The maximum atomic E-state index is 12.9. The van der Waals surface area contributed by atoms with Crippen LogP contribution < -0.4 is 10.1 Å². The lowest BCUT2D eigenvalue weighted by molar-refractivity contribution is 0.0983. The summed E-state index contributed by atoms with van der Waals surface area (Å²) in [7, 11) is 1.86. The summed E-state index contributed by atoms with van der Waals surface area (Å²) in [5.41, 5.74) is 2.89. The number of fused-ring (bicyclic) bond motifs is 1. The van der Waals surface area contributed by atoms with Crippen LogP contribution in [0.5, 0.6) is 5.75 Å². The van der Waals surface area contributed by atoms with Crippen LogP contribution in [-0.4, -0.2) is 28.4 Å². The van der Waals surface area contributed by atoms with Crippen LogP contribution in [0.2, 0.25) is 5.02 Å². The SMILES string of the molecule is Cn1nc(C(=O)Nc2cc(Cl)ccc2OC2CCCCC2)c2c1CCOC2. The number of nitrogens with zero attached hydrogens (tertiary/aromatic N) is 2. The van der Waals surface area contributed by atoms with Crippen molar-refractivity contribution in [1.82, 2.24) is 9.78 Å². The third-order valence-electron chi connectivity index (χ3n) is 5.26. The topological polar surface area (TPSA) is 65.4 Å². The van der Waals surface area contributed by atoms with Crippen molar-refractivity contribution in [3.05, 3.63) is 40.2 Å². The number of carbonyl (C=O) groups excluding carboxylic acids is 1. The molecular weight excluding hydrogens is 366 g/mol. The molecule has 4 rings (SSSR count). The molecule has 1 aliphatic carbocycles. The summed E-state index contributed by atoms with van der Waals surface area (Å²) in [6, 6.07) is 5.33. The maximum absolute atomic E-state index is 12.9. The lowest BCUT2D eigenvalue weighted by atomic mass is 9.98. The Morgan fingerprint density at radius 2 is 2.15 bits per heavy atom. The minimum atomic E-state index is -0.270. The Balaban J connectivity index is 1.56. The molecular formula is C20H24ClN3O3.